The molecule has 0 N–H and O–H groups in total. The van der Waals surface area contributed by atoms with E-state index in [1.807, 2.05) is 0 Å². The molecule has 0 unspecified atom stereocenters. The summed E-state index contributed by atoms with van der Waals surface area (Å²) >= 11 is 4.87. The summed E-state index contributed by atoms with van der Waals surface area (Å²) in [6.07, 6.45) is 1.86. The van der Waals surface area contributed by atoms with Crippen molar-refractivity contribution in [1.29, 1.82) is 0 Å². The first-order valence-electron chi connectivity index (χ1n) is 10.5. The van der Waals surface area contributed by atoms with E-state index in [-0.39, 0.29) is 10.8 Å². The number of alkyl halides is 2. The van der Waals surface area contributed by atoms with Crippen molar-refractivity contribution < 1.29 is 9.47 Å². The van der Waals surface area contributed by atoms with Gasteiger partial charge in [0, 0.05) is 20.0 Å². The number of halogens is 2. The maximum atomic E-state index is 5.87. The van der Waals surface area contributed by atoms with Crippen molar-refractivity contribution in [2.24, 2.45) is 0 Å². The zero-order valence-corrected chi connectivity index (χ0v) is 24.0. The Hall–Kier alpha value is -0.500. The Kier molecular flexibility index (Phi) is 8.94. The molecule has 0 aliphatic heterocycles. The van der Waals surface area contributed by atoms with Crippen molar-refractivity contribution in [3.8, 4) is 11.5 Å². The summed E-state index contributed by atoms with van der Waals surface area (Å²) in [6.45, 7) is 13.7. The minimum absolute atomic E-state index is 0.111. The van der Waals surface area contributed by atoms with Crippen molar-refractivity contribution in [2.45, 2.75) is 74.1 Å². The summed E-state index contributed by atoms with van der Waals surface area (Å²) in [7, 11) is 3.58. The van der Waals surface area contributed by atoms with E-state index in [4.69, 9.17) is 9.47 Å². The van der Waals surface area contributed by atoms with E-state index in [1.165, 1.54) is 33.4 Å². The van der Waals surface area contributed by atoms with Crippen LogP contribution in [-0.4, -0.2) is 14.2 Å². The van der Waals surface area contributed by atoms with Gasteiger partial charge in [-0.15, -0.1) is 0 Å². The Morgan fingerprint density at radius 1 is 0.600 bits per heavy atom. The van der Waals surface area contributed by atoms with Crippen LogP contribution in [0.2, 0.25) is 0 Å². The highest BCUT2D eigenvalue weighted by atomic mass is 127. The van der Waals surface area contributed by atoms with Crippen molar-refractivity contribution >= 4 is 45.2 Å². The molecular formula is C26H36I2O2. The molecule has 4 heteroatoms. The lowest BCUT2D eigenvalue weighted by Crippen LogP contribution is -2.14. The van der Waals surface area contributed by atoms with Crippen LogP contribution in [0.1, 0.15) is 74.9 Å². The fraction of sp³-hybridized carbons (Fsp3) is 0.538. The maximum Gasteiger partial charge on any atom is 0.126 e. The predicted molar refractivity (Wildman–Crippen MR) is 146 cm³/mol. The fourth-order valence-corrected chi connectivity index (χ4v) is 4.87. The van der Waals surface area contributed by atoms with E-state index >= 15 is 0 Å². The van der Waals surface area contributed by atoms with Crippen LogP contribution < -0.4 is 9.47 Å². The molecule has 0 saturated heterocycles. The van der Waals surface area contributed by atoms with Gasteiger partial charge in [0.15, 0.2) is 0 Å². The molecule has 2 aromatic carbocycles. The number of hydrogen-bond donors (Lipinski definition) is 0. The molecule has 2 nitrogen and oxygen atoms in total. The molecule has 30 heavy (non-hydrogen) atoms. The minimum Gasteiger partial charge on any atom is -0.496 e. The van der Waals surface area contributed by atoms with Gasteiger partial charge in [-0.3, -0.25) is 0 Å². The number of rotatable bonds is 7. The fourth-order valence-electron chi connectivity index (χ4n) is 3.74. The van der Waals surface area contributed by atoms with Crippen molar-refractivity contribution in [2.75, 3.05) is 14.2 Å². The van der Waals surface area contributed by atoms with Crippen LogP contribution in [-0.2, 0) is 32.5 Å². The average molecular weight is 634 g/mol. The molecular weight excluding hydrogens is 598 g/mol. The first kappa shape index (κ1) is 25.8. The summed E-state index contributed by atoms with van der Waals surface area (Å²) in [5.74, 6) is 2.08. The van der Waals surface area contributed by atoms with Crippen molar-refractivity contribution in [3.05, 3.63) is 57.6 Å². The van der Waals surface area contributed by atoms with E-state index in [2.05, 4.69) is 111 Å². The van der Waals surface area contributed by atoms with Gasteiger partial charge in [-0.2, -0.15) is 0 Å². The molecule has 0 atom stereocenters. The topological polar surface area (TPSA) is 18.5 Å². The van der Waals surface area contributed by atoms with Gasteiger partial charge in [0.1, 0.15) is 11.5 Å². The van der Waals surface area contributed by atoms with Gasteiger partial charge in [-0.05, 0) is 45.9 Å². The summed E-state index contributed by atoms with van der Waals surface area (Å²) in [4.78, 5) is 0. The number of ether oxygens (including phenoxy) is 2. The average Bonchev–Trinajstić information content (AvgIpc) is 2.68. The normalized spacial score (nSPS) is 12.2. The highest BCUT2D eigenvalue weighted by Gasteiger charge is 2.21. The number of hydrogen-bond acceptors (Lipinski definition) is 2. The SMILES string of the molecule is COc1c(CI)cc(C(C)(C)C)cc1CCc1cc(C(C)(C)C)cc(CI)c1OC. The number of benzene rings is 2. The molecule has 0 heterocycles. The first-order valence-corrected chi connectivity index (χ1v) is 13.5. The third-order valence-corrected chi connectivity index (χ3v) is 7.22. The molecule has 0 aliphatic carbocycles. The third-order valence-electron chi connectivity index (χ3n) is 5.58. The second-order valence-corrected chi connectivity index (χ2v) is 11.4. The van der Waals surface area contributed by atoms with E-state index < -0.39 is 0 Å². The van der Waals surface area contributed by atoms with Gasteiger partial charge in [0.2, 0.25) is 0 Å². The number of methoxy groups -OCH3 is 2. The predicted octanol–water partition coefficient (Wildman–Crippen LogP) is 7.95. The molecule has 0 radical (unpaired) electrons. The molecule has 0 bridgehead atoms. The summed E-state index contributed by atoms with van der Waals surface area (Å²) in [5.41, 5.74) is 8.10. The van der Waals surface area contributed by atoms with E-state index in [9.17, 15) is 0 Å². The standard InChI is InChI=1S/C26H36I2O2/c1-25(2,3)21-11-17(23(29-7)19(13-21)15-27)9-10-18-12-22(26(4,5)6)14-20(16-28)24(18)30-8/h11-14H,9-10,15-16H2,1-8H3. The molecule has 2 rings (SSSR count). The van der Waals surface area contributed by atoms with Gasteiger partial charge in [-0.25, -0.2) is 0 Å². The van der Waals surface area contributed by atoms with Crippen molar-refractivity contribution in [1.82, 2.24) is 0 Å². The molecule has 166 valence electrons. The second-order valence-electron chi connectivity index (χ2n) is 9.92. The molecule has 0 fully saturated rings. The molecule has 0 spiro atoms. The van der Waals surface area contributed by atoms with Gasteiger partial charge in [0.05, 0.1) is 14.2 Å². The first-order chi connectivity index (χ1) is 14.0. The Labute approximate surface area is 210 Å². The summed E-state index contributed by atoms with van der Waals surface area (Å²) in [6, 6.07) is 9.30. The van der Waals surface area contributed by atoms with Crippen molar-refractivity contribution in [3.63, 3.8) is 0 Å². The second kappa shape index (κ2) is 10.4. The van der Waals surface area contributed by atoms with Crippen LogP contribution in [0.25, 0.3) is 0 Å². The van der Waals surface area contributed by atoms with Gasteiger partial charge < -0.3 is 9.47 Å². The molecule has 0 aromatic heterocycles. The molecule has 0 saturated carbocycles. The zero-order valence-electron chi connectivity index (χ0n) is 19.7. The van der Waals surface area contributed by atoms with Crippen LogP contribution in [0.4, 0.5) is 0 Å². The van der Waals surface area contributed by atoms with Crippen LogP contribution in [0, 0.1) is 0 Å². The van der Waals surface area contributed by atoms with Crippen LogP contribution in [0.15, 0.2) is 24.3 Å². The largest absolute Gasteiger partial charge is 0.496 e. The minimum atomic E-state index is 0.111. The Balaban J connectivity index is 2.52. The van der Waals surface area contributed by atoms with Crippen LogP contribution in [0.3, 0.4) is 0 Å². The molecule has 0 amide bonds. The number of aryl methyl sites for hydroxylation is 2. The van der Waals surface area contributed by atoms with Crippen LogP contribution >= 0.6 is 45.2 Å². The van der Waals surface area contributed by atoms with Gasteiger partial charge in [-0.1, -0.05) is 111 Å². The zero-order chi connectivity index (χ0) is 22.7. The lowest BCUT2D eigenvalue weighted by atomic mass is 9.83. The van der Waals surface area contributed by atoms with E-state index in [1.54, 1.807) is 14.2 Å². The Bertz CT molecular complexity index is 801. The summed E-state index contributed by atoms with van der Waals surface area (Å²) in [5, 5.41) is 0. The monoisotopic (exact) mass is 634 g/mol. The Morgan fingerprint density at radius 3 is 1.13 bits per heavy atom. The molecule has 0 aliphatic rings. The highest BCUT2D eigenvalue weighted by Crippen LogP contribution is 2.37. The van der Waals surface area contributed by atoms with E-state index in [0.717, 1.165) is 33.2 Å². The maximum absolute atomic E-state index is 5.87. The lowest BCUT2D eigenvalue weighted by Gasteiger charge is -2.25. The van der Waals surface area contributed by atoms with Crippen LogP contribution in [0.5, 0.6) is 11.5 Å². The van der Waals surface area contributed by atoms with Gasteiger partial charge >= 0.3 is 0 Å². The lowest BCUT2D eigenvalue weighted by molar-refractivity contribution is 0.401. The van der Waals surface area contributed by atoms with E-state index in [0.29, 0.717) is 0 Å². The molecule has 2 aromatic rings. The smallest absolute Gasteiger partial charge is 0.126 e. The Morgan fingerprint density at radius 2 is 0.900 bits per heavy atom. The highest BCUT2D eigenvalue weighted by molar-refractivity contribution is 14.1. The quantitative estimate of drug-likeness (QED) is 0.228. The third kappa shape index (κ3) is 6.05. The summed E-state index contributed by atoms with van der Waals surface area (Å²) < 4.78 is 13.6. The van der Waals surface area contributed by atoms with Gasteiger partial charge in [0.25, 0.3) is 0 Å².